The van der Waals surface area contributed by atoms with Gasteiger partial charge in [0.1, 0.15) is 5.75 Å². The van der Waals surface area contributed by atoms with Crippen molar-refractivity contribution in [1.82, 2.24) is 0 Å². The zero-order chi connectivity index (χ0) is 13.1. The summed E-state index contributed by atoms with van der Waals surface area (Å²) in [6.45, 7) is 0.695. The minimum atomic E-state index is -0.923. The molecule has 1 aromatic carbocycles. The first-order valence-electron chi connectivity index (χ1n) is 5.96. The second-order valence-corrected chi connectivity index (χ2v) is 5.06. The molecule has 1 aliphatic rings. The summed E-state index contributed by atoms with van der Waals surface area (Å²) in [6.07, 6.45) is 2.33. The van der Waals surface area contributed by atoms with Gasteiger partial charge in [-0.15, -0.1) is 0 Å². The smallest absolute Gasteiger partial charge is 0.305 e. The van der Waals surface area contributed by atoms with Crippen LogP contribution in [0.4, 0.5) is 0 Å². The lowest BCUT2D eigenvalue weighted by molar-refractivity contribution is -0.137. The standard InChI is InChI=1S/C13H16ClNO3/c14-10-5-9(11(15)6-13(16)17)3-4-12(10)18-7-8-1-2-8/h3-5,8,11H,1-2,6-7,15H2,(H,16,17). The Balaban J connectivity index is 2.00. The highest BCUT2D eigenvalue weighted by atomic mass is 35.5. The van der Waals surface area contributed by atoms with Crippen molar-refractivity contribution in [2.24, 2.45) is 11.7 Å². The summed E-state index contributed by atoms with van der Waals surface area (Å²) in [5.74, 6) is 0.373. The third-order valence-electron chi connectivity index (χ3n) is 2.95. The summed E-state index contributed by atoms with van der Waals surface area (Å²) in [5, 5.41) is 9.16. The molecule has 4 nitrogen and oxygen atoms in total. The number of nitrogens with two attached hydrogens (primary N) is 1. The van der Waals surface area contributed by atoms with Gasteiger partial charge in [-0.05, 0) is 36.5 Å². The van der Waals surface area contributed by atoms with E-state index in [4.69, 9.17) is 27.2 Å². The van der Waals surface area contributed by atoms with E-state index in [9.17, 15) is 4.79 Å². The van der Waals surface area contributed by atoms with Crippen molar-refractivity contribution in [3.05, 3.63) is 28.8 Å². The van der Waals surface area contributed by atoms with Gasteiger partial charge in [-0.25, -0.2) is 0 Å². The normalized spacial score (nSPS) is 16.3. The molecule has 0 aliphatic heterocycles. The first kappa shape index (κ1) is 13.2. The van der Waals surface area contributed by atoms with Crippen molar-refractivity contribution >= 4 is 17.6 Å². The van der Waals surface area contributed by atoms with Gasteiger partial charge in [0.2, 0.25) is 0 Å². The number of hydrogen-bond donors (Lipinski definition) is 2. The molecule has 1 unspecified atom stereocenters. The Morgan fingerprint density at radius 3 is 2.83 bits per heavy atom. The van der Waals surface area contributed by atoms with Crippen molar-refractivity contribution in [2.45, 2.75) is 25.3 Å². The van der Waals surface area contributed by atoms with Crippen molar-refractivity contribution in [3.63, 3.8) is 0 Å². The predicted octanol–water partition coefficient (Wildman–Crippen LogP) is 2.60. The molecule has 0 bridgehead atoms. The Morgan fingerprint density at radius 2 is 2.28 bits per heavy atom. The number of hydrogen-bond acceptors (Lipinski definition) is 3. The summed E-state index contributed by atoms with van der Waals surface area (Å²) in [7, 11) is 0. The van der Waals surface area contributed by atoms with E-state index in [1.807, 2.05) is 0 Å². The van der Waals surface area contributed by atoms with Gasteiger partial charge in [0.15, 0.2) is 0 Å². The molecule has 0 heterocycles. The van der Waals surface area contributed by atoms with Gasteiger partial charge in [0.05, 0.1) is 18.1 Å². The average Bonchev–Trinajstić information content (AvgIpc) is 3.10. The Bertz CT molecular complexity index is 446. The SMILES string of the molecule is NC(CC(=O)O)c1ccc(OCC2CC2)c(Cl)c1. The summed E-state index contributed by atoms with van der Waals surface area (Å²) < 4.78 is 5.59. The molecule has 0 amide bonds. The van der Waals surface area contributed by atoms with Gasteiger partial charge in [-0.2, -0.15) is 0 Å². The molecule has 2 rings (SSSR count). The number of halogens is 1. The van der Waals surface area contributed by atoms with Crippen LogP contribution in [0.25, 0.3) is 0 Å². The summed E-state index contributed by atoms with van der Waals surface area (Å²) in [6, 6.07) is 4.65. The molecule has 3 N–H and O–H groups in total. The quantitative estimate of drug-likeness (QED) is 0.833. The number of carboxylic acid groups (broad SMARTS) is 1. The van der Waals surface area contributed by atoms with Crippen molar-refractivity contribution < 1.29 is 14.6 Å². The Labute approximate surface area is 111 Å². The van der Waals surface area contributed by atoms with Crippen LogP contribution in [-0.4, -0.2) is 17.7 Å². The van der Waals surface area contributed by atoms with Crippen LogP contribution in [0.2, 0.25) is 5.02 Å². The van der Waals surface area contributed by atoms with Crippen LogP contribution in [0.5, 0.6) is 5.75 Å². The molecule has 0 saturated heterocycles. The second-order valence-electron chi connectivity index (χ2n) is 4.65. The molecule has 0 radical (unpaired) electrons. The van der Waals surface area contributed by atoms with Crippen LogP contribution in [0.3, 0.4) is 0 Å². The fraction of sp³-hybridized carbons (Fsp3) is 0.462. The summed E-state index contributed by atoms with van der Waals surface area (Å²) >= 11 is 6.09. The van der Waals surface area contributed by atoms with Gasteiger partial charge >= 0.3 is 5.97 Å². The molecule has 1 atom stereocenters. The minimum Gasteiger partial charge on any atom is -0.492 e. The van der Waals surface area contributed by atoms with E-state index in [-0.39, 0.29) is 6.42 Å². The van der Waals surface area contributed by atoms with Gasteiger partial charge in [-0.1, -0.05) is 17.7 Å². The number of aliphatic carboxylic acids is 1. The van der Waals surface area contributed by atoms with E-state index in [0.29, 0.717) is 28.9 Å². The maximum Gasteiger partial charge on any atom is 0.305 e. The van der Waals surface area contributed by atoms with Crippen LogP contribution < -0.4 is 10.5 Å². The highest BCUT2D eigenvalue weighted by Gasteiger charge is 2.22. The fourth-order valence-electron chi connectivity index (χ4n) is 1.66. The molecular formula is C13H16ClNO3. The van der Waals surface area contributed by atoms with Crippen LogP contribution in [0, 0.1) is 5.92 Å². The maximum atomic E-state index is 10.6. The third kappa shape index (κ3) is 3.62. The number of benzene rings is 1. The molecule has 98 valence electrons. The molecular weight excluding hydrogens is 254 g/mol. The fourth-order valence-corrected chi connectivity index (χ4v) is 1.91. The van der Waals surface area contributed by atoms with Gasteiger partial charge in [0.25, 0.3) is 0 Å². The lowest BCUT2D eigenvalue weighted by Crippen LogP contribution is -2.15. The van der Waals surface area contributed by atoms with E-state index in [0.717, 1.165) is 0 Å². The van der Waals surface area contributed by atoms with Gasteiger partial charge < -0.3 is 15.6 Å². The van der Waals surface area contributed by atoms with Crippen LogP contribution in [0.1, 0.15) is 30.9 Å². The molecule has 1 aliphatic carbocycles. The largest absolute Gasteiger partial charge is 0.492 e. The summed E-state index contributed by atoms with van der Waals surface area (Å²) in [5.41, 5.74) is 6.48. The number of carbonyl (C=O) groups is 1. The molecule has 1 aromatic rings. The van der Waals surface area contributed by atoms with E-state index >= 15 is 0 Å². The zero-order valence-corrected chi connectivity index (χ0v) is 10.7. The van der Waals surface area contributed by atoms with Crippen LogP contribution in [0.15, 0.2) is 18.2 Å². The number of carboxylic acids is 1. The minimum absolute atomic E-state index is 0.112. The highest BCUT2D eigenvalue weighted by Crippen LogP contribution is 2.32. The van der Waals surface area contributed by atoms with Crippen LogP contribution in [-0.2, 0) is 4.79 Å². The number of ether oxygens (including phenoxy) is 1. The van der Waals surface area contributed by atoms with Crippen molar-refractivity contribution in [2.75, 3.05) is 6.61 Å². The van der Waals surface area contributed by atoms with E-state index in [1.54, 1.807) is 18.2 Å². The molecule has 1 fully saturated rings. The van der Waals surface area contributed by atoms with Gasteiger partial charge in [-0.3, -0.25) is 4.79 Å². The molecule has 1 saturated carbocycles. The Kier molecular flexibility index (Phi) is 4.09. The van der Waals surface area contributed by atoms with Crippen molar-refractivity contribution in [3.8, 4) is 5.75 Å². The topological polar surface area (TPSA) is 72.6 Å². The van der Waals surface area contributed by atoms with Crippen LogP contribution >= 0.6 is 11.6 Å². The second kappa shape index (κ2) is 5.59. The number of rotatable bonds is 6. The Hall–Kier alpha value is -1.26. The van der Waals surface area contributed by atoms with Crippen molar-refractivity contribution in [1.29, 1.82) is 0 Å². The highest BCUT2D eigenvalue weighted by molar-refractivity contribution is 6.32. The third-order valence-corrected chi connectivity index (χ3v) is 3.25. The van der Waals surface area contributed by atoms with E-state index < -0.39 is 12.0 Å². The molecule has 18 heavy (non-hydrogen) atoms. The first-order chi connectivity index (χ1) is 8.56. The molecule has 0 spiro atoms. The first-order valence-corrected chi connectivity index (χ1v) is 6.33. The van der Waals surface area contributed by atoms with Gasteiger partial charge in [0, 0.05) is 6.04 Å². The summed E-state index contributed by atoms with van der Waals surface area (Å²) in [4.78, 5) is 10.6. The monoisotopic (exact) mass is 269 g/mol. The molecule has 5 heteroatoms. The Morgan fingerprint density at radius 1 is 1.56 bits per heavy atom. The average molecular weight is 270 g/mol. The molecule has 0 aromatic heterocycles. The predicted molar refractivity (Wildman–Crippen MR) is 68.9 cm³/mol. The zero-order valence-electron chi connectivity index (χ0n) is 9.93. The van der Waals surface area contributed by atoms with E-state index in [2.05, 4.69) is 0 Å². The van der Waals surface area contributed by atoms with E-state index in [1.165, 1.54) is 12.8 Å². The lowest BCUT2D eigenvalue weighted by Gasteiger charge is -2.12. The maximum absolute atomic E-state index is 10.6. The lowest BCUT2D eigenvalue weighted by atomic mass is 10.0.